The maximum atomic E-state index is 12.5. The van der Waals surface area contributed by atoms with Crippen LogP contribution in [0.2, 0.25) is 0 Å². The molecule has 2 amide bonds. The molecule has 2 rings (SSSR count). The van der Waals surface area contributed by atoms with Crippen LogP contribution in [0.4, 0.5) is 0 Å². The lowest BCUT2D eigenvalue weighted by Crippen LogP contribution is -2.41. The summed E-state index contributed by atoms with van der Waals surface area (Å²) in [6.07, 6.45) is 0.845. The third-order valence-electron chi connectivity index (χ3n) is 4.19. The third-order valence-corrected chi connectivity index (χ3v) is 4.19. The fourth-order valence-electron chi connectivity index (χ4n) is 2.96. The van der Waals surface area contributed by atoms with Crippen molar-refractivity contribution in [1.29, 1.82) is 0 Å². The minimum atomic E-state index is -1.03. The predicted octanol–water partition coefficient (Wildman–Crippen LogP) is 1.67. The van der Waals surface area contributed by atoms with Crippen LogP contribution in [0.25, 0.3) is 0 Å². The van der Waals surface area contributed by atoms with Crippen LogP contribution in [0, 0.1) is 12.8 Å². The van der Waals surface area contributed by atoms with Gasteiger partial charge in [0.2, 0.25) is 11.8 Å². The van der Waals surface area contributed by atoms with Gasteiger partial charge in [-0.1, -0.05) is 36.8 Å². The van der Waals surface area contributed by atoms with Gasteiger partial charge in [-0.15, -0.1) is 0 Å². The van der Waals surface area contributed by atoms with Gasteiger partial charge < -0.3 is 14.9 Å². The highest BCUT2D eigenvalue weighted by molar-refractivity contribution is 5.90. The van der Waals surface area contributed by atoms with Crippen LogP contribution in [0.5, 0.6) is 0 Å². The molecule has 130 valence electrons. The zero-order valence-electron chi connectivity index (χ0n) is 14.2. The molecule has 6 nitrogen and oxygen atoms in total. The fourth-order valence-corrected chi connectivity index (χ4v) is 2.96. The number of likely N-dealkylation sites (tertiary alicyclic amines) is 1. The van der Waals surface area contributed by atoms with Crippen LogP contribution < -0.4 is 0 Å². The first kappa shape index (κ1) is 18.0. The molecule has 0 aliphatic carbocycles. The van der Waals surface area contributed by atoms with Crippen LogP contribution in [-0.2, 0) is 20.9 Å². The van der Waals surface area contributed by atoms with E-state index in [1.807, 2.05) is 38.1 Å². The standard InChI is InChI=1S/C18H24N2O4/c1-3-8-19(12-17(22)23)18(24)15-9-16(21)20(11-15)10-14-6-4-13(2)5-7-14/h4-7,15H,3,8-12H2,1-2H3,(H,22,23). The van der Waals surface area contributed by atoms with Crippen molar-refractivity contribution in [3.8, 4) is 0 Å². The molecule has 1 saturated heterocycles. The number of carbonyl (C=O) groups excluding carboxylic acids is 2. The molecule has 1 aliphatic heterocycles. The van der Waals surface area contributed by atoms with Crippen molar-refractivity contribution < 1.29 is 19.5 Å². The van der Waals surface area contributed by atoms with Gasteiger partial charge in [0, 0.05) is 26.1 Å². The van der Waals surface area contributed by atoms with Gasteiger partial charge in [0.1, 0.15) is 6.54 Å². The van der Waals surface area contributed by atoms with Crippen molar-refractivity contribution in [3.63, 3.8) is 0 Å². The molecule has 6 heteroatoms. The summed E-state index contributed by atoms with van der Waals surface area (Å²) in [5.74, 6) is -1.77. The second kappa shape index (κ2) is 7.95. The highest BCUT2D eigenvalue weighted by atomic mass is 16.4. The Kier molecular flexibility index (Phi) is 5.95. The first-order valence-electron chi connectivity index (χ1n) is 8.24. The Labute approximate surface area is 142 Å². The number of carboxylic acid groups (broad SMARTS) is 1. The molecule has 0 bridgehead atoms. The van der Waals surface area contributed by atoms with E-state index in [0.29, 0.717) is 26.1 Å². The maximum Gasteiger partial charge on any atom is 0.323 e. The quantitative estimate of drug-likeness (QED) is 0.824. The minimum Gasteiger partial charge on any atom is -0.480 e. The molecule has 0 spiro atoms. The van der Waals surface area contributed by atoms with Crippen molar-refractivity contribution >= 4 is 17.8 Å². The second-order valence-electron chi connectivity index (χ2n) is 6.31. The Balaban J connectivity index is 2.00. The molecular formula is C18H24N2O4. The van der Waals surface area contributed by atoms with Gasteiger partial charge in [0.25, 0.3) is 0 Å². The normalized spacial score (nSPS) is 17.2. The number of carbonyl (C=O) groups is 3. The molecule has 1 aromatic carbocycles. The summed E-state index contributed by atoms with van der Waals surface area (Å²) < 4.78 is 0. The van der Waals surface area contributed by atoms with Gasteiger partial charge in [-0.05, 0) is 18.9 Å². The summed E-state index contributed by atoms with van der Waals surface area (Å²) in [7, 11) is 0. The molecule has 0 aromatic heterocycles. The average Bonchev–Trinajstić information content (AvgIpc) is 2.89. The number of carboxylic acids is 1. The molecule has 0 radical (unpaired) electrons. The SMILES string of the molecule is CCCN(CC(=O)O)C(=O)C1CC(=O)N(Cc2ccc(C)cc2)C1. The number of rotatable bonds is 7. The molecule has 1 aliphatic rings. The van der Waals surface area contributed by atoms with Crippen molar-refractivity contribution in [2.75, 3.05) is 19.6 Å². The summed E-state index contributed by atoms with van der Waals surface area (Å²) >= 11 is 0. The van der Waals surface area contributed by atoms with Gasteiger partial charge >= 0.3 is 5.97 Å². The largest absolute Gasteiger partial charge is 0.480 e. The van der Waals surface area contributed by atoms with E-state index in [-0.39, 0.29) is 24.8 Å². The van der Waals surface area contributed by atoms with Crippen LogP contribution in [-0.4, -0.2) is 52.3 Å². The Morgan fingerprint density at radius 2 is 1.96 bits per heavy atom. The first-order valence-corrected chi connectivity index (χ1v) is 8.24. The molecule has 1 heterocycles. The Hall–Kier alpha value is -2.37. The molecule has 24 heavy (non-hydrogen) atoms. The van der Waals surface area contributed by atoms with E-state index in [4.69, 9.17) is 5.11 Å². The van der Waals surface area contributed by atoms with E-state index >= 15 is 0 Å². The van der Waals surface area contributed by atoms with Crippen molar-refractivity contribution in [3.05, 3.63) is 35.4 Å². The van der Waals surface area contributed by atoms with E-state index in [9.17, 15) is 14.4 Å². The summed E-state index contributed by atoms with van der Waals surface area (Å²) in [4.78, 5) is 38.7. The molecule has 1 atom stereocenters. The van der Waals surface area contributed by atoms with E-state index in [2.05, 4.69) is 0 Å². The Morgan fingerprint density at radius 3 is 2.54 bits per heavy atom. The summed E-state index contributed by atoms with van der Waals surface area (Å²) in [5, 5.41) is 8.95. The molecule has 1 N–H and O–H groups in total. The lowest BCUT2D eigenvalue weighted by molar-refractivity contribution is -0.146. The van der Waals surface area contributed by atoms with E-state index in [1.54, 1.807) is 4.90 Å². The van der Waals surface area contributed by atoms with E-state index in [1.165, 1.54) is 4.90 Å². The van der Waals surface area contributed by atoms with Gasteiger partial charge in [0.15, 0.2) is 0 Å². The molecular weight excluding hydrogens is 308 g/mol. The Bertz CT molecular complexity index is 612. The number of nitrogens with zero attached hydrogens (tertiary/aromatic N) is 2. The first-order chi connectivity index (χ1) is 11.4. The zero-order chi connectivity index (χ0) is 17.7. The number of hydrogen-bond acceptors (Lipinski definition) is 3. The summed E-state index contributed by atoms with van der Waals surface area (Å²) in [5.41, 5.74) is 2.18. The number of benzene rings is 1. The number of aliphatic carboxylic acids is 1. The summed E-state index contributed by atoms with van der Waals surface area (Å²) in [6.45, 7) is 4.82. The molecule has 1 unspecified atom stereocenters. The van der Waals surface area contributed by atoms with Crippen LogP contribution in [0.3, 0.4) is 0 Å². The number of hydrogen-bond donors (Lipinski definition) is 1. The van der Waals surface area contributed by atoms with Crippen molar-refractivity contribution in [2.24, 2.45) is 5.92 Å². The number of aryl methyl sites for hydroxylation is 1. The highest BCUT2D eigenvalue weighted by Crippen LogP contribution is 2.22. The zero-order valence-corrected chi connectivity index (χ0v) is 14.2. The van der Waals surface area contributed by atoms with Crippen LogP contribution in [0.15, 0.2) is 24.3 Å². The smallest absolute Gasteiger partial charge is 0.323 e. The van der Waals surface area contributed by atoms with E-state index < -0.39 is 11.9 Å². The minimum absolute atomic E-state index is 0.0549. The highest BCUT2D eigenvalue weighted by Gasteiger charge is 2.36. The van der Waals surface area contributed by atoms with Gasteiger partial charge in [-0.3, -0.25) is 14.4 Å². The second-order valence-corrected chi connectivity index (χ2v) is 6.31. The Morgan fingerprint density at radius 1 is 1.29 bits per heavy atom. The lowest BCUT2D eigenvalue weighted by atomic mass is 10.1. The maximum absolute atomic E-state index is 12.5. The fraction of sp³-hybridized carbons (Fsp3) is 0.500. The van der Waals surface area contributed by atoms with Gasteiger partial charge in [0.05, 0.1) is 5.92 Å². The lowest BCUT2D eigenvalue weighted by Gasteiger charge is -2.23. The monoisotopic (exact) mass is 332 g/mol. The summed E-state index contributed by atoms with van der Waals surface area (Å²) in [6, 6.07) is 7.94. The van der Waals surface area contributed by atoms with Gasteiger partial charge in [-0.25, -0.2) is 0 Å². The molecule has 1 fully saturated rings. The molecule has 0 saturated carbocycles. The van der Waals surface area contributed by atoms with Crippen molar-refractivity contribution in [1.82, 2.24) is 9.80 Å². The predicted molar refractivity (Wildman–Crippen MR) is 89.2 cm³/mol. The average molecular weight is 332 g/mol. The van der Waals surface area contributed by atoms with E-state index in [0.717, 1.165) is 11.1 Å². The topological polar surface area (TPSA) is 77.9 Å². The number of amides is 2. The van der Waals surface area contributed by atoms with Gasteiger partial charge in [-0.2, -0.15) is 0 Å². The molecule has 1 aromatic rings. The third kappa shape index (κ3) is 4.57. The van der Waals surface area contributed by atoms with Crippen LogP contribution >= 0.6 is 0 Å². The van der Waals surface area contributed by atoms with Crippen LogP contribution in [0.1, 0.15) is 30.9 Å². The van der Waals surface area contributed by atoms with Crippen molar-refractivity contribution in [2.45, 2.75) is 33.2 Å².